The molecule has 0 heterocycles. The Kier molecular flexibility index (Phi) is 5.58. The van der Waals surface area contributed by atoms with Crippen LogP contribution < -0.4 is 15.8 Å². The number of nitrogens with two attached hydrogens (primary N) is 1. The molecule has 126 valence electrons. The van der Waals surface area contributed by atoms with Gasteiger partial charge in [0.2, 0.25) is 0 Å². The number of amides is 2. The lowest BCUT2D eigenvalue weighted by Crippen LogP contribution is -2.31. The molecule has 2 aromatic rings. The molecule has 24 heavy (non-hydrogen) atoms. The number of nitrogens with one attached hydrogen (secondary N) is 1. The highest BCUT2D eigenvalue weighted by Crippen LogP contribution is 2.20. The fourth-order valence-corrected chi connectivity index (χ4v) is 2.23. The number of hydrogen-bond acceptors (Lipinski definition) is 3. The smallest absolute Gasteiger partial charge is 0.265 e. The van der Waals surface area contributed by atoms with Crippen LogP contribution in [-0.2, 0) is 4.79 Å². The third-order valence-corrected chi connectivity index (χ3v) is 3.68. The molecule has 0 bridgehead atoms. The van der Waals surface area contributed by atoms with Crippen LogP contribution in [0.4, 0.5) is 5.69 Å². The molecule has 3 N–H and O–H groups in total. The lowest BCUT2D eigenvalue weighted by Gasteiger charge is -2.16. The second-order valence-corrected chi connectivity index (χ2v) is 5.88. The number of anilines is 1. The van der Waals surface area contributed by atoms with Crippen LogP contribution in [0.2, 0.25) is 0 Å². The van der Waals surface area contributed by atoms with Gasteiger partial charge < -0.3 is 15.8 Å². The Morgan fingerprint density at radius 2 is 1.62 bits per heavy atom. The zero-order valence-corrected chi connectivity index (χ0v) is 14.1. The normalized spacial score (nSPS) is 11.8. The van der Waals surface area contributed by atoms with Crippen molar-refractivity contribution in [1.29, 1.82) is 0 Å². The van der Waals surface area contributed by atoms with E-state index in [0.29, 0.717) is 17.4 Å². The van der Waals surface area contributed by atoms with Crippen molar-refractivity contribution in [2.75, 3.05) is 5.32 Å². The first-order valence-electron chi connectivity index (χ1n) is 7.84. The van der Waals surface area contributed by atoms with E-state index in [2.05, 4.69) is 19.2 Å². The van der Waals surface area contributed by atoms with Gasteiger partial charge in [0.1, 0.15) is 5.75 Å². The van der Waals surface area contributed by atoms with E-state index in [1.54, 1.807) is 31.2 Å². The predicted octanol–water partition coefficient (Wildman–Crippen LogP) is 3.31. The highest BCUT2D eigenvalue weighted by Gasteiger charge is 2.17. The van der Waals surface area contributed by atoms with Gasteiger partial charge in [-0.2, -0.15) is 0 Å². The van der Waals surface area contributed by atoms with Crippen LogP contribution in [0.25, 0.3) is 0 Å². The molecule has 0 unspecified atom stereocenters. The molecule has 0 spiro atoms. The Morgan fingerprint density at radius 1 is 1.00 bits per heavy atom. The maximum absolute atomic E-state index is 12.3. The van der Waals surface area contributed by atoms with Gasteiger partial charge in [-0.1, -0.05) is 38.1 Å². The first kappa shape index (κ1) is 17.5. The maximum atomic E-state index is 12.3. The summed E-state index contributed by atoms with van der Waals surface area (Å²) in [5, 5.41) is 2.68. The van der Waals surface area contributed by atoms with Crippen LogP contribution >= 0.6 is 0 Å². The highest BCUT2D eigenvalue weighted by atomic mass is 16.5. The number of carbonyl (C=O) groups excluding carboxylic acids is 2. The minimum absolute atomic E-state index is 0.263. The quantitative estimate of drug-likeness (QED) is 0.854. The summed E-state index contributed by atoms with van der Waals surface area (Å²) in [5.74, 6) is 0.107. The standard InChI is InChI=1S/C19H22N2O3/c1-12(2)14-8-10-15(11-9-14)24-13(3)19(23)21-17-7-5-4-6-16(17)18(20)22/h4-13H,1-3H3,(H2,20,22)(H,21,23)/t13-/m1/s1. The van der Waals surface area contributed by atoms with Crippen LogP contribution in [0.3, 0.4) is 0 Å². The number of para-hydroxylation sites is 1. The maximum Gasteiger partial charge on any atom is 0.265 e. The van der Waals surface area contributed by atoms with Gasteiger partial charge in [0.05, 0.1) is 11.3 Å². The Labute approximate surface area is 141 Å². The Hall–Kier alpha value is -2.82. The number of primary amides is 1. The van der Waals surface area contributed by atoms with Crippen molar-refractivity contribution in [3.05, 3.63) is 59.7 Å². The first-order chi connectivity index (χ1) is 11.4. The molecule has 0 fully saturated rings. The fraction of sp³-hybridized carbons (Fsp3) is 0.263. The largest absolute Gasteiger partial charge is 0.481 e. The van der Waals surface area contributed by atoms with E-state index in [1.807, 2.05) is 24.3 Å². The molecule has 0 saturated heterocycles. The summed E-state index contributed by atoms with van der Waals surface area (Å²) in [7, 11) is 0. The SMILES string of the molecule is CC(C)c1ccc(O[C@H](C)C(=O)Nc2ccccc2C(N)=O)cc1. The second kappa shape index (κ2) is 7.64. The van der Waals surface area contributed by atoms with Crippen molar-refractivity contribution in [1.82, 2.24) is 0 Å². The van der Waals surface area contributed by atoms with Gasteiger partial charge >= 0.3 is 0 Å². The molecule has 2 aromatic carbocycles. The molecule has 0 aromatic heterocycles. The van der Waals surface area contributed by atoms with Crippen LogP contribution in [-0.4, -0.2) is 17.9 Å². The Bertz CT molecular complexity index is 724. The molecule has 0 aliphatic carbocycles. The molecule has 2 amide bonds. The molecule has 5 nitrogen and oxygen atoms in total. The van der Waals surface area contributed by atoms with Gasteiger partial charge in [-0.25, -0.2) is 0 Å². The summed E-state index contributed by atoms with van der Waals surface area (Å²) in [6.45, 7) is 5.88. The summed E-state index contributed by atoms with van der Waals surface area (Å²) in [6, 6.07) is 14.2. The summed E-state index contributed by atoms with van der Waals surface area (Å²) >= 11 is 0. The molecule has 2 rings (SSSR count). The molecular weight excluding hydrogens is 304 g/mol. The molecule has 0 aliphatic rings. The number of benzene rings is 2. The van der Waals surface area contributed by atoms with Gasteiger partial charge in [0, 0.05) is 0 Å². The summed E-state index contributed by atoms with van der Waals surface area (Å²) < 4.78 is 5.66. The second-order valence-electron chi connectivity index (χ2n) is 5.88. The van der Waals surface area contributed by atoms with Crippen LogP contribution in [0.15, 0.2) is 48.5 Å². The monoisotopic (exact) mass is 326 g/mol. The van der Waals surface area contributed by atoms with Gasteiger partial charge in [0.15, 0.2) is 6.10 Å². The molecule has 0 aliphatic heterocycles. The van der Waals surface area contributed by atoms with Crippen molar-refractivity contribution < 1.29 is 14.3 Å². The van der Waals surface area contributed by atoms with E-state index in [1.165, 1.54) is 5.56 Å². The number of rotatable bonds is 6. The van der Waals surface area contributed by atoms with E-state index in [9.17, 15) is 9.59 Å². The lowest BCUT2D eigenvalue weighted by atomic mass is 10.0. The Balaban J connectivity index is 2.03. The molecule has 0 radical (unpaired) electrons. The lowest BCUT2D eigenvalue weighted by molar-refractivity contribution is -0.122. The van der Waals surface area contributed by atoms with Gasteiger partial charge in [0.25, 0.3) is 11.8 Å². The molecule has 1 atom stereocenters. The fourth-order valence-electron chi connectivity index (χ4n) is 2.23. The van der Waals surface area contributed by atoms with Crippen LogP contribution in [0.5, 0.6) is 5.75 Å². The molecule has 0 saturated carbocycles. The van der Waals surface area contributed by atoms with Crippen molar-refractivity contribution >= 4 is 17.5 Å². The average molecular weight is 326 g/mol. The zero-order chi connectivity index (χ0) is 17.7. The van der Waals surface area contributed by atoms with Crippen LogP contribution in [0.1, 0.15) is 42.6 Å². The first-order valence-corrected chi connectivity index (χ1v) is 7.84. The van der Waals surface area contributed by atoms with E-state index in [4.69, 9.17) is 10.5 Å². The van der Waals surface area contributed by atoms with E-state index in [0.717, 1.165) is 0 Å². The summed E-state index contributed by atoms with van der Waals surface area (Å²) in [5.41, 5.74) is 7.15. The van der Waals surface area contributed by atoms with Crippen molar-refractivity contribution in [3.8, 4) is 5.75 Å². The third kappa shape index (κ3) is 4.35. The van der Waals surface area contributed by atoms with Crippen LogP contribution in [0, 0.1) is 0 Å². The zero-order valence-electron chi connectivity index (χ0n) is 14.1. The van der Waals surface area contributed by atoms with Gasteiger partial charge in [-0.05, 0) is 42.7 Å². The summed E-state index contributed by atoms with van der Waals surface area (Å²) in [4.78, 5) is 23.7. The topological polar surface area (TPSA) is 81.4 Å². The van der Waals surface area contributed by atoms with Crippen molar-refractivity contribution in [2.24, 2.45) is 5.73 Å². The van der Waals surface area contributed by atoms with Crippen molar-refractivity contribution in [3.63, 3.8) is 0 Å². The Morgan fingerprint density at radius 3 is 2.21 bits per heavy atom. The van der Waals surface area contributed by atoms with E-state index < -0.39 is 12.0 Å². The summed E-state index contributed by atoms with van der Waals surface area (Å²) in [6.07, 6.45) is -0.712. The molecule has 5 heteroatoms. The van der Waals surface area contributed by atoms with Gasteiger partial charge in [-0.3, -0.25) is 9.59 Å². The number of hydrogen-bond donors (Lipinski definition) is 2. The minimum Gasteiger partial charge on any atom is -0.481 e. The van der Waals surface area contributed by atoms with Crippen molar-refractivity contribution in [2.45, 2.75) is 32.8 Å². The number of ether oxygens (including phenoxy) is 1. The van der Waals surface area contributed by atoms with E-state index >= 15 is 0 Å². The highest BCUT2D eigenvalue weighted by molar-refractivity contribution is 6.03. The van der Waals surface area contributed by atoms with E-state index in [-0.39, 0.29) is 11.5 Å². The third-order valence-electron chi connectivity index (χ3n) is 3.68. The van der Waals surface area contributed by atoms with Gasteiger partial charge in [-0.15, -0.1) is 0 Å². The molecular formula is C19H22N2O3. The predicted molar refractivity (Wildman–Crippen MR) is 94.2 cm³/mol. The average Bonchev–Trinajstić information content (AvgIpc) is 2.55. The minimum atomic E-state index is -0.712. The number of carbonyl (C=O) groups is 2.